The topological polar surface area (TPSA) is 72.5 Å². The number of aryl methyl sites for hydroxylation is 1. The van der Waals surface area contributed by atoms with Crippen LogP contribution in [0.15, 0.2) is 47.4 Å². The van der Waals surface area contributed by atoms with Crippen LogP contribution in [0, 0.1) is 6.92 Å². The number of rotatable bonds is 4. The van der Waals surface area contributed by atoms with E-state index in [1.54, 1.807) is 24.3 Å². The van der Waals surface area contributed by atoms with E-state index in [1.165, 1.54) is 0 Å². The van der Waals surface area contributed by atoms with Gasteiger partial charge in [-0.2, -0.15) is 0 Å². The maximum atomic E-state index is 12.1. The van der Waals surface area contributed by atoms with Gasteiger partial charge in [0, 0.05) is 0 Å². The van der Waals surface area contributed by atoms with Crippen LogP contribution in [-0.2, 0) is 16.0 Å². The number of ether oxygens (including phenoxy) is 1. The maximum absolute atomic E-state index is 12.1. The van der Waals surface area contributed by atoms with E-state index in [4.69, 9.17) is 16.3 Å². The Morgan fingerprint density at radius 3 is 2.54 bits per heavy atom. The number of hydrogen-bond acceptors (Lipinski definition) is 5. The number of carbonyl (C=O) groups is 3. The number of nitrogens with one attached hydrogen (secondary N) is 1. The number of benzene rings is 2. The second-order valence-corrected chi connectivity index (χ2v) is 7.10. The van der Waals surface area contributed by atoms with Crippen molar-refractivity contribution in [2.24, 2.45) is 0 Å². The largest absolute Gasteiger partial charge is 0.425 e. The van der Waals surface area contributed by atoms with E-state index in [0.29, 0.717) is 5.56 Å². The molecule has 0 aliphatic carbocycles. The van der Waals surface area contributed by atoms with Gasteiger partial charge in [0.1, 0.15) is 5.75 Å². The number of hydrogen-bond donors (Lipinski definition) is 1. The van der Waals surface area contributed by atoms with Gasteiger partial charge in [-0.1, -0.05) is 47.5 Å². The monoisotopic (exact) mass is 387 g/mol. The smallest absolute Gasteiger partial charge is 0.315 e. The molecule has 1 saturated heterocycles. The van der Waals surface area contributed by atoms with Crippen molar-refractivity contribution in [3.8, 4) is 5.75 Å². The normalized spacial score (nSPS) is 15.2. The van der Waals surface area contributed by atoms with Crippen molar-refractivity contribution < 1.29 is 19.1 Å². The number of carbonyl (C=O) groups excluding carboxylic acids is 3. The first-order valence-electron chi connectivity index (χ1n) is 7.71. The Kier molecular flexibility index (Phi) is 5.44. The molecule has 1 N–H and O–H groups in total. The second kappa shape index (κ2) is 7.76. The van der Waals surface area contributed by atoms with Crippen molar-refractivity contribution in [3.63, 3.8) is 0 Å². The number of thioether (sulfide) groups is 1. The summed E-state index contributed by atoms with van der Waals surface area (Å²) in [4.78, 5) is 35.1. The summed E-state index contributed by atoms with van der Waals surface area (Å²) in [5.74, 6) is -0.617. The molecule has 132 valence electrons. The Balaban J connectivity index is 1.68. The Morgan fingerprint density at radius 1 is 1.19 bits per heavy atom. The summed E-state index contributed by atoms with van der Waals surface area (Å²) in [6, 6.07) is 12.4. The maximum Gasteiger partial charge on any atom is 0.315 e. The Labute approximate surface area is 159 Å². The molecule has 2 amide bonds. The first kappa shape index (κ1) is 18.2. The number of imide groups is 1. The van der Waals surface area contributed by atoms with Crippen LogP contribution >= 0.6 is 23.4 Å². The van der Waals surface area contributed by atoms with Gasteiger partial charge in [-0.25, -0.2) is 0 Å². The molecule has 5 nitrogen and oxygen atoms in total. The van der Waals surface area contributed by atoms with Crippen LogP contribution in [-0.4, -0.2) is 17.1 Å². The highest BCUT2D eigenvalue weighted by molar-refractivity contribution is 8.18. The molecule has 0 aromatic heterocycles. The summed E-state index contributed by atoms with van der Waals surface area (Å²) in [6.07, 6.45) is 1.69. The SMILES string of the molecule is Cc1ccc(CC(=O)Oc2ccc(C=C3SC(=O)NC3=O)cc2Cl)cc1. The molecule has 2 aromatic carbocycles. The van der Waals surface area contributed by atoms with Crippen LogP contribution in [0.3, 0.4) is 0 Å². The van der Waals surface area contributed by atoms with Crippen molar-refractivity contribution in [3.05, 3.63) is 69.1 Å². The Hall–Kier alpha value is -2.57. The molecule has 1 aliphatic heterocycles. The van der Waals surface area contributed by atoms with E-state index in [2.05, 4.69) is 5.32 Å². The fourth-order valence-corrected chi connectivity index (χ4v) is 3.20. The molecule has 1 heterocycles. The molecule has 26 heavy (non-hydrogen) atoms. The average Bonchev–Trinajstić information content (AvgIpc) is 2.89. The van der Waals surface area contributed by atoms with Gasteiger partial charge in [0.2, 0.25) is 0 Å². The minimum Gasteiger partial charge on any atom is -0.425 e. The van der Waals surface area contributed by atoms with Crippen LogP contribution in [0.5, 0.6) is 5.75 Å². The fourth-order valence-electron chi connectivity index (χ4n) is 2.29. The quantitative estimate of drug-likeness (QED) is 0.485. The lowest BCUT2D eigenvalue weighted by Gasteiger charge is -2.07. The highest BCUT2D eigenvalue weighted by atomic mass is 35.5. The minimum atomic E-state index is -0.440. The molecular weight excluding hydrogens is 374 g/mol. The summed E-state index contributed by atoms with van der Waals surface area (Å²) < 4.78 is 5.31. The molecule has 2 aromatic rings. The molecule has 7 heteroatoms. The molecule has 0 saturated carbocycles. The third-order valence-corrected chi connectivity index (χ3v) is 4.69. The van der Waals surface area contributed by atoms with Gasteiger partial charge in [-0.05, 0) is 48.0 Å². The first-order valence-corrected chi connectivity index (χ1v) is 8.91. The third-order valence-electron chi connectivity index (χ3n) is 3.59. The number of esters is 1. The highest BCUT2D eigenvalue weighted by Gasteiger charge is 2.25. The van der Waals surface area contributed by atoms with Crippen LogP contribution in [0.25, 0.3) is 6.08 Å². The van der Waals surface area contributed by atoms with Crippen LogP contribution in [0.2, 0.25) is 5.02 Å². The lowest BCUT2D eigenvalue weighted by atomic mass is 10.1. The van der Waals surface area contributed by atoms with E-state index in [1.807, 2.05) is 31.2 Å². The van der Waals surface area contributed by atoms with Gasteiger partial charge in [-0.15, -0.1) is 0 Å². The van der Waals surface area contributed by atoms with Gasteiger partial charge < -0.3 is 4.74 Å². The molecule has 1 fully saturated rings. The summed E-state index contributed by atoms with van der Waals surface area (Å²) in [5.41, 5.74) is 2.60. The van der Waals surface area contributed by atoms with Gasteiger partial charge in [0.05, 0.1) is 16.3 Å². The van der Waals surface area contributed by atoms with Crippen molar-refractivity contribution in [1.29, 1.82) is 0 Å². The van der Waals surface area contributed by atoms with E-state index in [-0.39, 0.29) is 22.1 Å². The third kappa shape index (κ3) is 4.53. The fraction of sp³-hybridized carbons (Fsp3) is 0.105. The van der Waals surface area contributed by atoms with E-state index in [9.17, 15) is 14.4 Å². The first-order chi connectivity index (χ1) is 12.4. The average molecular weight is 388 g/mol. The zero-order chi connectivity index (χ0) is 18.7. The van der Waals surface area contributed by atoms with Crippen LogP contribution in [0.4, 0.5) is 4.79 Å². The predicted molar refractivity (Wildman–Crippen MR) is 101 cm³/mol. The molecular formula is C19H14ClNO4S. The molecule has 0 atom stereocenters. The molecule has 0 radical (unpaired) electrons. The lowest BCUT2D eigenvalue weighted by Crippen LogP contribution is -2.17. The predicted octanol–water partition coefficient (Wildman–Crippen LogP) is 4.12. The molecule has 0 unspecified atom stereocenters. The molecule has 0 bridgehead atoms. The zero-order valence-electron chi connectivity index (χ0n) is 13.7. The summed E-state index contributed by atoms with van der Waals surface area (Å²) in [7, 11) is 0. The van der Waals surface area contributed by atoms with Crippen LogP contribution in [0.1, 0.15) is 16.7 Å². The summed E-state index contributed by atoms with van der Waals surface area (Å²) in [6.45, 7) is 1.97. The summed E-state index contributed by atoms with van der Waals surface area (Å²) >= 11 is 6.99. The van der Waals surface area contributed by atoms with Gasteiger partial charge in [0.25, 0.3) is 11.1 Å². The minimum absolute atomic E-state index is 0.140. The Bertz CT molecular complexity index is 922. The highest BCUT2D eigenvalue weighted by Crippen LogP contribution is 2.30. The van der Waals surface area contributed by atoms with E-state index < -0.39 is 17.1 Å². The van der Waals surface area contributed by atoms with Crippen molar-refractivity contribution in [2.75, 3.05) is 0 Å². The van der Waals surface area contributed by atoms with E-state index in [0.717, 1.165) is 22.9 Å². The summed E-state index contributed by atoms with van der Waals surface area (Å²) in [5, 5.41) is 2.01. The van der Waals surface area contributed by atoms with Crippen LogP contribution < -0.4 is 10.1 Å². The van der Waals surface area contributed by atoms with Crippen molar-refractivity contribution in [1.82, 2.24) is 5.32 Å². The molecule has 1 aliphatic rings. The lowest BCUT2D eigenvalue weighted by molar-refractivity contribution is -0.133. The van der Waals surface area contributed by atoms with Crippen molar-refractivity contribution in [2.45, 2.75) is 13.3 Å². The molecule has 0 spiro atoms. The van der Waals surface area contributed by atoms with E-state index >= 15 is 0 Å². The Morgan fingerprint density at radius 2 is 1.92 bits per heavy atom. The van der Waals surface area contributed by atoms with Gasteiger partial charge in [0.15, 0.2) is 0 Å². The second-order valence-electron chi connectivity index (χ2n) is 5.68. The number of halogens is 1. The van der Waals surface area contributed by atoms with Gasteiger partial charge in [-0.3, -0.25) is 19.7 Å². The number of amides is 2. The standard InChI is InChI=1S/C19H14ClNO4S/c1-11-2-4-12(5-3-11)10-17(22)25-15-7-6-13(8-14(15)20)9-16-18(23)21-19(24)26-16/h2-9H,10H2,1H3,(H,21,23,24). The molecule has 3 rings (SSSR count). The van der Waals surface area contributed by atoms with Gasteiger partial charge >= 0.3 is 5.97 Å². The zero-order valence-corrected chi connectivity index (χ0v) is 15.3. The van der Waals surface area contributed by atoms with Crippen molar-refractivity contribution >= 4 is 46.6 Å².